The summed E-state index contributed by atoms with van der Waals surface area (Å²) in [4.78, 5) is 0.0142. The van der Waals surface area contributed by atoms with Gasteiger partial charge in [0.05, 0.1) is 4.90 Å². The van der Waals surface area contributed by atoms with E-state index in [2.05, 4.69) is 0 Å². The van der Waals surface area contributed by atoms with Crippen molar-refractivity contribution in [1.29, 1.82) is 0 Å². The van der Waals surface area contributed by atoms with Gasteiger partial charge in [-0.3, -0.25) is 0 Å². The van der Waals surface area contributed by atoms with E-state index in [4.69, 9.17) is 5.73 Å². The van der Waals surface area contributed by atoms with Crippen LogP contribution in [0.1, 0.15) is 18.4 Å². The first-order valence-corrected chi connectivity index (χ1v) is 7.38. The Morgan fingerprint density at radius 2 is 2.17 bits per heavy atom. The lowest BCUT2D eigenvalue weighted by Gasteiger charge is -2.23. The van der Waals surface area contributed by atoms with E-state index < -0.39 is 15.8 Å². The topological polar surface area (TPSA) is 63.4 Å². The minimum absolute atomic E-state index is 0.0142. The molecular weight excluding hydrogens is 255 g/mol. The van der Waals surface area contributed by atoms with E-state index in [0.717, 1.165) is 18.9 Å². The molecule has 18 heavy (non-hydrogen) atoms. The van der Waals surface area contributed by atoms with Gasteiger partial charge in [0.15, 0.2) is 0 Å². The van der Waals surface area contributed by atoms with Crippen molar-refractivity contribution in [2.75, 3.05) is 13.1 Å². The smallest absolute Gasteiger partial charge is 0.243 e. The molecule has 0 unspecified atom stereocenters. The molecule has 0 saturated carbocycles. The second-order valence-corrected chi connectivity index (χ2v) is 6.50. The normalized spacial score (nSPS) is 21.4. The summed E-state index contributed by atoms with van der Waals surface area (Å²) in [6.07, 6.45) is 1.57. The highest BCUT2D eigenvalue weighted by molar-refractivity contribution is 7.89. The molecule has 0 spiro atoms. The molecule has 1 aliphatic rings. The molecule has 1 aliphatic heterocycles. The van der Waals surface area contributed by atoms with Gasteiger partial charge in [0, 0.05) is 19.1 Å². The summed E-state index contributed by atoms with van der Waals surface area (Å²) in [5.41, 5.74) is 6.17. The third-order valence-corrected chi connectivity index (χ3v) is 5.15. The number of nitrogens with two attached hydrogens (primary N) is 1. The van der Waals surface area contributed by atoms with Gasteiger partial charge in [-0.05, 0) is 43.5 Å². The molecule has 6 heteroatoms. The molecule has 4 nitrogen and oxygen atoms in total. The van der Waals surface area contributed by atoms with Crippen LogP contribution in [-0.4, -0.2) is 31.9 Å². The summed E-state index contributed by atoms with van der Waals surface area (Å²) in [7, 11) is -3.63. The predicted molar refractivity (Wildman–Crippen MR) is 67.1 cm³/mol. The van der Waals surface area contributed by atoms with Gasteiger partial charge in [0.25, 0.3) is 0 Å². The van der Waals surface area contributed by atoms with E-state index in [9.17, 15) is 12.8 Å². The maximum absolute atomic E-state index is 13.3. The van der Waals surface area contributed by atoms with Crippen LogP contribution in [0.15, 0.2) is 23.1 Å². The number of aryl methyl sites for hydroxylation is 1. The highest BCUT2D eigenvalue weighted by Gasteiger charge is 2.34. The van der Waals surface area contributed by atoms with E-state index in [1.807, 2.05) is 0 Å². The lowest BCUT2D eigenvalue weighted by atomic mass is 10.2. The van der Waals surface area contributed by atoms with E-state index in [-0.39, 0.29) is 10.9 Å². The summed E-state index contributed by atoms with van der Waals surface area (Å²) in [6.45, 7) is 2.43. The third-order valence-electron chi connectivity index (χ3n) is 3.22. The predicted octanol–water partition coefficient (Wildman–Crippen LogP) is 1.25. The highest BCUT2D eigenvalue weighted by Crippen LogP contribution is 2.26. The molecular formula is C12H17FN2O2S. The van der Waals surface area contributed by atoms with Crippen molar-refractivity contribution in [2.45, 2.75) is 30.7 Å². The maximum Gasteiger partial charge on any atom is 0.243 e. The molecule has 1 aromatic rings. The first-order valence-electron chi connectivity index (χ1n) is 5.94. The van der Waals surface area contributed by atoms with Crippen molar-refractivity contribution in [2.24, 2.45) is 5.73 Å². The largest absolute Gasteiger partial charge is 0.329 e. The van der Waals surface area contributed by atoms with Crippen LogP contribution >= 0.6 is 0 Å². The number of sulfonamides is 1. The monoisotopic (exact) mass is 272 g/mol. The summed E-state index contributed by atoms with van der Waals surface area (Å²) < 4.78 is 39.5. The van der Waals surface area contributed by atoms with Crippen LogP contribution in [0.25, 0.3) is 0 Å². The Kier molecular flexibility index (Phi) is 3.70. The fourth-order valence-electron chi connectivity index (χ4n) is 2.35. The van der Waals surface area contributed by atoms with Crippen molar-refractivity contribution in [1.82, 2.24) is 4.31 Å². The number of hydrogen-bond acceptors (Lipinski definition) is 3. The molecule has 1 fully saturated rings. The van der Waals surface area contributed by atoms with Crippen molar-refractivity contribution >= 4 is 10.0 Å². The molecule has 0 aromatic heterocycles. The Balaban J connectivity index is 2.41. The number of hydrogen-bond donors (Lipinski definition) is 1. The van der Waals surface area contributed by atoms with E-state index >= 15 is 0 Å². The zero-order chi connectivity index (χ0) is 13.3. The van der Waals surface area contributed by atoms with Gasteiger partial charge in [-0.15, -0.1) is 0 Å². The summed E-state index contributed by atoms with van der Waals surface area (Å²) in [5.74, 6) is -0.530. The van der Waals surface area contributed by atoms with Gasteiger partial charge >= 0.3 is 0 Å². The Hall–Kier alpha value is -0.980. The minimum atomic E-state index is -3.63. The van der Waals surface area contributed by atoms with E-state index in [1.165, 1.54) is 16.4 Å². The fraction of sp³-hybridized carbons (Fsp3) is 0.500. The first kappa shape index (κ1) is 13.5. The average molecular weight is 272 g/mol. The van der Waals surface area contributed by atoms with Crippen LogP contribution in [0.4, 0.5) is 4.39 Å². The van der Waals surface area contributed by atoms with Gasteiger partial charge in [-0.2, -0.15) is 4.31 Å². The van der Waals surface area contributed by atoms with Crippen molar-refractivity contribution < 1.29 is 12.8 Å². The average Bonchev–Trinajstić information content (AvgIpc) is 2.76. The molecule has 0 aliphatic carbocycles. The Labute approximate surface area is 107 Å². The molecule has 0 radical (unpaired) electrons. The quantitative estimate of drug-likeness (QED) is 0.900. The van der Waals surface area contributed by atoms with Gasteiger partial charge in [0.2, 0.25) is 10.0 Å². The Bertz CT molecular complexity index is 525. The lowest BCUT2D eigenvalue weighted by molar-refractivity contribution is 0.392. The van der Waals surface area contributed by atoms with E-state index in [0.29, 0.717) is 18.7 Å². The summed E-state index contributed by atoms with van der Waals surface area (Å²) >= 11 is 0. The van der Waals surface area contributed by atoms with Crippen molar-refractivity contribution in [3.63, 3.8) is 0 Å². The summed E-state index contributed by atoms with van der Waals surface area (Å²) in [5, 5.41) is 0. The molecule has 0 bridgehead atoms. The lowest BCUT2D eigenvalue weighted by Crippen LogP contribution is -2.39. The summed E-state index contributed by atoms with van der Waals surface area (Å²) in [6, 6.07) is 3.70. The van der Waals surface area contributed by atoms with E-state index in [1.54, 1.807) is 6.92 Å². The molecule has 0 amide bonds. The molecule has 2 N–H and O–H groups in total. The van der Waals surface area contributed by atoms with Crippen LogP contribution in [0.2, 0.25) is 0 Å². The molecule has 1 saturated heterocycles. The molecule has 1 atom stereocenters. The first-order chi connectivity index (χ1) is 8.45. The van der Waals surface area contributed by atoms with Gasteiger partial charge in [-0.1, -0.05) is 0 Å². The van der Waals surface area contributed by atoms with Crippen LogP contribution < -0.4 is 5.73 Å². The van der Waals surface area contributed by atoms with Crippen LogP contribution in [0.3, 0.4) is 0 Å². The van der Waals surface area contributed by atoms with Crippen molar-refractivity contribution in [3.8, 4) is 0 Å². The van der Waals surface area contributed by atoms with Crippen LogP contribution in [0, 0.1) is 12.7 Å². The molecule has 100 valence electrons. The van der Waals surface area contributed by atoms with Gasteiger partial charge < -0.3 is 5.73 Å². The third kappa shape index (κ3) is 2.41. The zero-order valence-corrected chi connectivity index (χ0v) is 11.1. The van der Waals surface area contributed by atoms with Crippen LogP contribution in [-0.2, 0) is 10.0 Å². The second-order valence-electron chi connectivity index (χ2n) is 4.61. The van der Waals surface area contributed by atoms with Gasteiger partial charge in [-0.25, -0.2) is 12.8 Å². The van der Waals surface area contributed by atoms with Gasteiger partial charge in [0.1, 0.15) is 5.82 Å². The molecule has 2 rings (SSSR count). The number of nitrogens with zero attached hydrogens (tertiary/aromatic N) is 1. The Morgan fingerprint density at radius 1 is 1.44 bits per heavy atom. The minimum Gasteiger partial charge on any atom is -0.329 e. The number of rotatable bonds is 3. The van der Waals surface area contributed by atoms with Crippen molar-refractivity contribution in [3.05, 3.63) is 29.6 Å². The fourth-order valence-corrected chi connectivity index (χ4v) is 4.17. The second kappa shape index (κ2) is 4.95. The SMILES string of the molecule is Cc1cc(F)cc(S(=O)(=O)N2CCC[C@@H]2CN)c1. The highest BCUT2D eigenvalue weighted by atomic mass is 32.2. The standard InChI is InChI=1S/C12H17FN2O2S/c1-9-5-10(13)7-12(6-9)18(16,17)15-4-2-3-11(15)8-14/h5-7,11H,2-4,8,14H2,1H3/t11-/m1/s1. The molecule has 1 aromatic carbocycles. The molecule has 1 heterocycles. The zero-order valence-electron chi connectivity index (χ0n) is 10.3. The number of halogens is 1. The maximum atomic E-state index is 13.3. The number of benzene rings is 1. The van der Waals surface area contributed by atoms with Crippen LogP contribution in [0.5, 0.6) is 0 Å². The Morgan fingerprint density at radius 3 is 2.78 bits per heavy atom.